The van der Waals surface area contributed by atoms with Crippen molar-refractivity contribution in [2.24, 2.45) is 0 Å². The number of fused-ring (bicyclic) bond motifs is 2. The molecule has 4 rings (SSSR count). The van der Waals surface area contributed by atoms with E-state index in [0.717, 1.165) is 0 Å². The smallest absolute Gasteiger partial charge is 0.290 e. The number of nitrogens with zero attached hydrogens (tertiary/aromatic N) is 1. The number of hydrogen-bond acceptors (Lipinski definition) is 4. The molecule has 1 atom stereocenters. The molecular formula is C19H15NO4. The number of carbonyl (C=O) groups excluding carboxylic acids is 1. The van der Waals surface area contributed by atoms with Crippen molar-refractivity contribution in [1.82, 2.24) is 4.90 Å². The molecule has 2 aromatic carbocycles. The van der Waals surface area contributed by atoms with E-state index in [4.69, 9.17) is 4.42 Å². The maximum Gasteiger partial charge on any atom is 0.290 e. The summed E-state index contributed by atoms with van der Waals surface area (Å²) in [6.45, 7) is 2.28. The van der Waals surface area contributed by atoms with Gasteiger partial charge in [0.1, 0.15) is 11.3 Å². The fraction of sp³-hybridized carbons (Fsp3) is 0.158. The van der Waals surface area contributed by atoms with Crippen molar-refractivity contribution in [2.45, 2.75) is 13.0 Å². The minimum Gasteiger partial charge on any atom is -0.508 e. The third-order valence-corrected chi connectivity index (χ3v) is 4.40. The average Bonchev–Trinajstić information content (AvgIpc) is 2.88. The number of para-hydroxylation sites is 1. The molecule has 2 heterocycles. The highest BCUT2D eigenvalue weighted by molar-refractivity contribution is 5.99. The molecule has 0 spiro atoms. The van der Waals surface area contributed by atoms with Crippen LogP contribution in [0.2, 0.25) is 0 Å². The first-order valence-electron chi connectivity index (χ1n) is 7.77. The Balaban J connectivity index is 2.05. The number of phenols is 1. The summed E-state index contributed by atoms with van der Waals surface area (Å²) < 4.78 is 5.76. The van der Waals surface area contributed by atoms with Gasteiger partial charge in [0.15, 0.2) is 5.43 Å². The van der Waals surface area contributed by atoms with Crippen LogP contribution in [0.25, 0.3) is 11.0 Å². The van der Waals surface area contributed by atoms with Crippen LogP contribution in [0.4, 0.5) is 0 Å². The molecule has 0 saturated carbocycles. The monoisotopic (exact) mass is 321 g/mol. The van der Waals surface area contributed by atoms with Crippen molar-refractivity contribution < 1.29 is 14.3 Å². The van der Waals surface area contributed by atoms with Gasteiger partial charge in [-0.15, -0.1) is 0 Å². The summed E-state index contributed by atoms with van der Waals surface area (Å²) in [6.07, 6.45) is 0. The quantitative estimate of drug-likeness (QED) is 0.787. The number of hydrogen-bond donors (Lipinski definition) is 1. The van der Waals surface area contributed by atoms with E-state index in [-0.39, 0.29) is 22.8 Å². The van der Waals surface area contributed by atoms with E-state index >= 15 is 0 Å². The zero-order valence-corrected chi connectivity index (χ0v) is 13.0. The minimum absolute atomic E-state index is 0.0916. The van der Waals surface area contributed by atoms with Crippen LogP contribution in [0, 0.1) is 0 Å². The highest BCUT2D eigenvalue weighted by atomic mass is 16.3. The predicted molar refractivity (Wildman–Crippen MR) is 89.1 cm³/mol. The second kappa shape index (κ2) is 5.23. The van der Waals surface area contributed by atoms with Crippen LogP contribution in [0.1, 0.15) is 34.6 Å². The molecule has 120 valence electrons. The van der Waals surface area contributed by atoms with E-state index in [1.165, 1.54) is 0 Å². The highest BCUT2D eigenvalue weighted by Crippen LogP contribution is 2.38. The van der Waals surface area contributed by atoms with Gasteiger partial charge in [0.25, 0.3) is 5.91 Å². The molecule has 0 fully saturated rings. The lowest BCUT2D eigenvalue weighted by Crippen LogP contribution is -2.29. The van der Waals surface area contributed by atoms with Gasteiger partial charge < -0.3 is 14.4 Å². The fourth-order valence-electron chi connectivity index (χ4n) is 3.33. The molecule has 1 N–H and O–H groups in total. The van der Waals surface area contributed by atoms with E-state index in [2.05, 4.69) is 0 Å². The number of phenolic OH excluding ortho intramolecular Hbond substituents is 1. The summed E-state index contributed by atoms with van der Waals surface area (Å²) in [4.78, 5) is 27.3. The van der Waals surface area contributed by atoms with Crippen molar-refractivity contribution in [3.8, 4) is 5.75 Å². The van der Waals surface area contributed by atoms with Gasteiger partial charge in [0.2, 0.25) is 5.76 Å². The van der Waals surface area contributed by atoms with Gasteiger partial charge in [-0.2, -0.15) is 0 Å². The maximum atomic E-state index is 13.0. The van der Waals surface area contributed by atoms with Crippen LogP contribution >= 0.6 is 0 Å². The maximum absolute atomic E-state index is 13.0. The lowest BCUT2D eigenvalue weighted by Gasteiger charge is -2.23. The lowest BCUT2D eigenvalue weighted by molar-refractivity contribution is 0.0737. The molecule has 0 saturated heterocycles. The Morgan fingerprint density at radius 2 is 1.92 bits per heavy atom. The molecule has 0 bridgehead atoms. The molecule has 1 aromatic heterocycles. The van der Waals surface area contributed by atoms with Crippen LogP contribution in [0.15, 0.2) is 57.7 Å². The van der Waals surface area contributed by atoms with Crippen LogP contribution in [0.3, 0.4) is 0 Å². The van der Waals surface area contributed by atoms with E-state index in [1.54, 1.807) is 53.4 Å². The molecule has 24 heavy (non-hydrogen) atoms. The largest absolute Gasteiger partial charge is 0.508 e. The summed E-state index contributed by atoms with van der Waals surface area (Å²) in [7, 11) is 0. The van der Waals surface area contributed by atoms with Crippen molar-refractivity contribution in [1.29, 1.82) is 0 Å². The van der Waals surface area contributed by atoms with E-state index in [9.17, 15) is 14.7 Å². The van der Waals surface area contributed by atoms with E-state index in [1.807, 2.05) is 6.92 Å². The third-order valence-electron chi connectivity index (χ3n) is 4.40. The summed E-state index contributed by atoms with van der Waals surface area (Å²) in [5, 5.41) is 10.2. The Kier molecular flexibility index (Phi) is 3.16. The van der Waals surface area contributed by atoms with E-state index in [0.29, 0.717) is 28.6 Å². The van der Waals surface area contributed by atoms with E-state index < -0.39 is 6.04 Å². The van der Waals surface area contributed by atoms with Gasteiger partial charge in [-0.25, -0.2) is 0 Å². The first-order valence-corrected chi connectivity index (χ1v) is 7.77. The molecule has 5 heteroatoms. The predicted octanol–water partition coefficient (Wildman–Crippen LogP) is 3.06. The van der Waals surface area contributed by atoms with Gasteiger partial charge in [-0.1, -0.05) is 24.3 Å². The van der Waals surface area contributed by atoms with Gasteiger partial charge in [0.05, 0.1) is 17.0 Å². The first kappa shape index (κ1) is 14.5. The first-order chi connectivity index (χ1) is 11.6. The number of rotatable bonds is 2. The van der Waals surface area contributed by atoms with Gasteiger partial charge in [0, 0.05) is 6.54 Å². The topological polar surface area (TPSA) is 70.8 Å². The summed E-state index contributed by atoms with van der Waals surface area (Å²) in [5.74, 6) is -0.118. The molecule has 0 radical (unpaired) electrons. The molecule has 0 aliphatic carbocycles. The normalized spacial score (nSPS) is 16.6. The molecule has 1 amide bonds. The molecule has 5 nitrogen and oxygen atoms in total. The molecule has 0 unspecified atom stereocenters. The van der Waals surface area contributed by atoms with Crippen molar-refractivity contribution in [3.05, 3.63) is 75.6 Å². The third kappa shape index (κ3) is 1.94. The average molecular weight is 321 g/mol. The Labute approximate surface area is 137 Å². The SMILES string of the molecule is CCN1C(=O)c2oc3ccccc3c(=O)c2[C@@H]1c1cccc(O)c1. The summed E-state index contributed by atoms with van der Waals surface area (Å²) in [6, 6.07) is 13.0. The van der Waals surface area contributed by atoms with Crippen molar-refractivity contribution in [2.75, 3.05) is 6.54 Å². The second-order valence-electron chi connectivity index (χ2n) is 5.76. The van der Waals surface area contributed by atoms with Gasteiger partial charge >= 0.3 is 0 Å². The number of amides is 1. The Morgan fingerprint density at radius 1 is 1.12 bits per heavy atom. The van der Waals surface area contributed by atoms with Gasteiger partial charge in [-0.05, 0) is 36.8 Å². The molecule has 3 aromatic rings. The Morgan fingerprint density at radius 3 is 2.67 bits per heavy atom. The lowest BCUT2D eigenvalue weighted by atomic mass is 9.98. The van der Waals surface area contributed by atoms with Crippen LogP contribution in [-0.2, 0) is 0 Å². The van der Waals surface area contributed by atoms with Crippen LogP contribution < -0.4 is 5.43 Å². The molecular weight excluding hydrogens is 306 g/mol. The summed E-state index contributed by atoms with van der Waals surface area (Å²) in [5.41, 5.74) is 1.23. The standard InChI is InChI=1S/C19H15NO4/c1-2-20-16(11-6-5-7-12(21)10-11)15-17(22)13-8-3-4-9-14(13)24-18(15)19(20)23/h3-10,16,21H,2H2,1H3/t16-/m0/s1. The van der Waals surface area contributed by atoms with Crippen molar-refractivity contribution in [3.63, 3.8) is 0 Å². The fourth-order valence-corrected chi connectivity index (χ4v) is 3.33. The Hall–Kier alpha value is -3.08. The Bertz CT molecular complexity index is 1020. The minimum atomic E-state index is -0.551. The van der Waals surface area contributed by atoms with Crippen LogP contribution in [-0.4, -0.2) is 22.5 Å². The second-order valence-corrected chi connectivity index (χ2v) is 5.76. The zero-order chi connectivity index (χ0) is 16.8. The number of benzene rings is 2. The highest BCUT2D eigenvalue weighted by Gasteiger charge is 2.41. The molecule has 1 aliphatic heterocycles. The summed E-state index contributed by atoms with van der Waals surface area (Å²) >= 11 is 0. The number of aromatic hydroxyl groups is 1. The molecule has 1 aliphatic rings. The van der Waals surface area contributed by atoms with Gasteiger partial charge in [-0.3, -0.25) is 9.59 Å². The number of carbonyl (C=O) groups is 1. The zero-order valence-electron chi connectivity index (χ0n) is 13.0. The van der Waals surface area contributed by atoms with Crippen molar-refractivity contribution >= 4 is 16.9 Å². The van der Waals surface area contributed by atoms with Crippen LogP contribution in [0.5, 0.6) is 5.75 Å².